The standard InChI is InChI=1S/C9H9Br2Cl2NOS/c1-9(3-12,4-13)14-8(15)6-2-5(10)7(11)16-6/h2H,3-4H2,1H3,(H,14,15). The normalized spacial score (nSPS) is 11.6. The molecule has 7 heteroatoms. The van der Waals surface area contributed by atoms with Crippen molar-refractivity contribution in [3.63, 3.8) is 0 Å². The van der Waals surface area contributed by atoms with E-state index in [1.165, 1.54) is 11.3 Å². The molecule has 1 aromatic rings. The lowest BCUT2D eigenvalue weighted by atomic mass is 10.1. The molecule has 0 bridgehead atoms. The Balaban J connectivity index is 2.80. The van der Waals surface area contributed by atoms with E-state index in [0.717, 1.165) is 8.26 Å². The fraction of sp³-hybridized carbons (Fsp3) is 0.444. The van der Waals surface area contributed by atoms with E-state index in [4.69, 9.17) is 23.2 Å². The van der Waals surface area contributed by atoms with Gasteiger partial charge < -0.3 is 5.32 Å². The highest BCUT2D eigenvalue weighted by Crippen LogP contribution is 2.32. The summed E-state index contributed by atoms with van der Waals surface area (Å²) in [6, 6.07) is 1.76. The van der Waals surface area contributed by atoms with Crippen LogP contribution >= 0.6 is 66.4 Å². The molecule has 1 rings (SSSR count). The summed E-state index contributed by atoms with van der Waals surface area (Å²) in [7, 11) is 0. The first kappa shape index (κ1) is 14.8. The Morgan fingerprint density at radius 3 is 2.44 bits per heavy atom. The number of nitrogens with one attached hydrogen (secondary N) is 1. The number of carbonyl (C=O) groups excluding carboxylic acids is 1. The molecule has 1 aromatic heterocycles. The first-order valence-corrected chi connectivity index (χ1v) is 7.78. The molecule has 1 amide bonds. The van der Waals surface area contributed by atoms with Crippen molar-refractivity contribution in [2.24, 2.45) is 0 Å². The molecule has 0 aliphatic carbocycles. The maximum Gasteiger partial charge on any atom is 0.261 e. The van der Waals surface area contributed by atoms with E-state index in [2.05, 4.69) is 37.2 Å². The first-order valence-electron chi connectivity index (χ1n) is 4.31. The zero-order valence-corrected chi connectivity index (χ0v) is 13.8. The molecule has 1 heterocycles. The van der Waals surface area contributed by atoms with E-state index in [-0.39, 0.29) is 17.7 Å². The van der Waals surface area contributed by atoms with Crippen LogP contribution in [-0.4, -0.2) is 23.2 Å². The summed E-state index contributed by atoms with van der Waals surface area (Å²) < 4.78 is 1.75. The average molecular weight is 410 g/mol. The number of halogens is 4. The molecule has 16 heavy (non-hydrogen) atoms. The van der Waals surface area contributed by atoms with Crippen molar-refractivity contribution in [1.29, 1.82) is 0 Å². The Hall–Kier alpha value is 0.710. The number of hydrogen-bond donors (Lipinski definition) is 1. The molecule has 0 radical (unpaired) electrons. The summed E-state index contributed by atoms with van der Waals surface area (Å²) in [4.78, 5) is 12.5. The topological polar surface area (TPSA) is 29.1 Å². The van der Waals surface area contributed by atoms with E-state index >= 15 is 0 Å². The van der Waals surface area contributed by atoms with Gasteiger partial charge in [0, 0.05) is 16.2 Å². The SMILES string of the molecule is CC(CCl)(CCl)NC(=O)c1cc(Br)c(Br)s1. The van der Waals surface area contributed by atoms with Crippen molar-refractivity contribution in [3.8, 4) is 0 Å². The van der Waals surface area contributed by atoms with Crippen molar-refractivity contribution in [2.45, 2.75) is 12.5 Å². The number of carbonyl (C=O) groups is 1. The maximum atomic E-state index is 11.9. The second-order valence-corrected chi connectivity index (χ2v) is 7.27. The number of hydrogen-bond acceptors (Lipinski definition) is 2. The highest BCUT2D eigenvalue weighted by Gasteiger charge is 2.25. The molecule has 0 unspecified atom stereocenters. The molecule has 0 fully saturated rings. The van der Waals surface area contributed by atoms with Gasteiger partial charge in [0.15, 0.2) is 0 Å². The molecule has 0 spiro atoms. The van der Waals surface area contributed by atoms with Crippen LogP contribution in [0.25, 0.3) is 0 Å². The molecule has 90 valence electrons. The highest BCUT2D eigenvalue weighted by atomic mass is 79.9. The van der Waals surface area contributed by atoms with Crippen LogP contribution in [0.3, 0.4) is 0 Å². The zero-order chi connectivity index (χ0) is 12.3. The smallest absolute Gasteiger partial charge is 0.261 e. The monoisotopic (exact) mass is 407 g/mol. The Labute approximate surface area is 125 Å². The minimum Gasteiger partial charge on any atom is -0.344 e. The molecular formula is C9H9Br2Cl2NOS. The van der Waals surface area contributed by atoms with Gasteiger partial charge in [-0.2, -0.15) is 0 Å². The lowest BCUT2D eigenvalue weighted by Gasteiger charge is -2.25. The van der Waals surface area contributed by atoms with Crippen LogP contribution in [0.2, 0.25) is 0 Å². The molecule has 2 nitrogen and oxygen atoms in total. The second kappa shape index (κ2) is 6.05. The number of rotatable bonds is 4. The predicted octanol–water partition coefficient (Wildman–Crippen LogP) is 4.24. The van der Waals surface area contributed by atoms with Gasteiger partial charge in [0.05, 0.1) is 14.2 Å². The van der Waals surface area contributed by atoms with Crippen LogP contribution in [0, 0.1) is 0 Å². The van der Waals surface area contributed by atoms with Gasteiger partial charge in [-0.25, -0.2) is 0 Å². The van der Waals surface area contributed by atoms with Gasteiger partial charge in [-0.3, -0.25) is 4.79 Å². The van der Waals surface area contributed by atoms with Crippen LogP contribution in [0.4, 0.5) is 0 Å². The molecule has 0 saturated carbocycles. The highest BCUT2D eigenvalue weighted by molar-refractivity contribution is 9.13. The van der Waals surface area contributed by atoms with Crippen LogP contribution in [0.1, 0.15) is 16.6 Å². The summed E-state index contributed by atoms with van der Waals surface area (Å²) in [6.07, 6.45) is 0. The summed E-state index contributed by atoms with van der Waals surface area (Å²) >= 11 is 19.5. The van der Waals surface area contributed by atoms with Gasteiger partial charge in [0.25, 0.3) is 5.91 Å². The van der Waals surface area contributed by atoms with Crippen molar-refractivity contribution in [1.82, 2.24) is 5.32 Å². The van der Waals surface area contributed by atoms with Gasteiger partial charge in [0.2, 0.25) is 0 Å². The van der Waals surface area contributed by atoms with Gasteiger partial charge in [0.1, 0.15) is 0 Å². The lowest BCUT2D eigenvalue weighted by molar-refractivity contribution is 0.0925. The molecule has 1 N–H and O–H groups in total. The maximum absolute atomic E-state index is 11.9. The van der Waals surface area contributed by atoms with Crippen molar-refractivity contribution < 1.29 is 4.79 Å². The van der Waals surface area contributed by atoms with Gasteiger partial charge in [-0.05, 0) is 44.8 Å². The van der Waals surface area contributed by atoms with Crippen molar-refractivity contribution in [3.05, 3.63) is 19.2 Å². The average Bonchev–Trinajstić information content (AvgIpc) is 2.59. The van der Waals surface area contributed by atoms with E-state index in [0.29, 0.717) is 4.88 Å². The van der Waals surface area contributed by atoms with Crippen molar-refractivity contribution >= 4 is 72.3 Å². The predicted molar refractivity (Wildman–Crippen MR) is 77.0 cm³/mol. The Morgan fingerprint density at radius 2 is 2.06 bits per heavy atom. The molecule has 0 saturated heterocycles. The quantitative estimate of drug-likeness (QED) is 0.740. The van der Waals surface area contributed by atoms with Gasteiger partial charge >= 0.3 is 0 Å². The number of thiophene rings is 1. The number of alkyl halides is 2. The molecule has 0 atom stereocenters. The summed E-state index contributed by atoms with van der Waals surface area (Å²) in [5.74, 6) is 0.381. The number of amides is 1. The third-order valence-corrected chi connectivity index (χ3v) is 6.31. The summed E-state index contributed by atoms with van der Waals surface area (Å²) in [5, 5.41) is 2.82. The fourth-order valence-electron chi connectivity index (χ4n) is 0.897. The van der Waals surface area contributed by atoms with Crippen LogP contribution < -0.4 is 5.32 Å². The summed E-state index contributed by atoms with van der Waals surface area (Å²) in [6.45, 7) is 1.81. The third-order valence-electron chi connectivity index (χ3n) is 1.87. The molecule has 0 aromatic carbocycles. The minimum atomic E-state index is -0.580. The molecule has 0 aliphatic rings. The Morgan fingerprint density at radius 1 is 1.50 bits per heavy atom. The Bertz CT molecular complexity index is 373. The minimum absolute atomic E-state index is 0.166. The summed E-state index contributed by atoms with van der Waals surface area (Å²) in [5.41, 5.74) is -0.580. The fourth-order valence-corrected chi connectivity index (χ4v) is 3.25. The molecule has 0 aliphatic heterocycles. The van der Waals surface area contributed by atoms with Gasteiger partial charge in [-0.1, -0.05) is 0 Å². The van der Waals surface area contributed by atoms with Crippen LogP contribution in [0.5, 0.6) is 0 Å². The third kappa shape index (κ3) is 3.60. The van der Waals surface area contributed by atoms with E-state index < -0.39 is 5.54 Å². The first-order chi connectivity index (χ1) is 7.41. The second-order valence-electron chi connectivity index (χ2n) is 3.51. The largest absolute Gasteiger partial charge is 0.344 e. The van der Waals surface area contributed by atoms with Crippen LogP contribution in [0.15, 0.2) is 14.3 Å². The van der Waals surface area contributed by atoms with Crippen LogP contribution in [-0.2, 0) is 0 Å². The van der Waals surface area contributed by atoms with E-state index in [1.807, 2.05) is 6.92 Å². The lowest BCUT2D eigenvalue weighted by Crippen LogP contribution is -2.49. The van der Waals surface area contributed by atoms with Crippen molar-refractivity contribution in [2.75, 3.05) is 11.8 Å². The zero-order valence-electron chi connectivity index (χ0n) is 8.32. The van der Waals surface area contributed by atoms with Gasteiger partial charge in [-0.15, -0.1) is 34.5 Å². The Kier molecular flexibility index (Phi) is 5.58. The van der Waals surface area contributed by atoms with E-state index in [1.54, 1.807) is 6.07 Å². The molecular weight excluding hydrogens is 401 g/mol. The van der Waals surface area contributed by atoms with E-state index in [9.17, 15) is 4.79 Å².